The molecular weight excluding hydrogens is 415 g/mol. The van der Waals surface area contributed by atoms with Gasteiger partial charge in [0.05, 0.1) is 26.8 Å². The number of hydrogen-bond donors (Lipinski definition) is 1. The molecule has 4 heterocycles. The smallest absolute Gasteiger partial charge is 0.319 e. The Kier molecular flexibility index (Phi) is 4.52. The zero-order valence-electron chi connectivity index (χ0n) is 13.7. The zero-order valence-corrected chi connectivity index (χ0v) is 15.3. The van der Waals surface area contributed by atoms with E-state index in [0.717, 1.165) is 17.4 Å². The van der Waals surface area contributed by atoms with E-state index in [4.69, 9.17) is 11.6 Å². The van der Waals surface area contributed by atoms with Crippen LogP contribution in [0.4, 0.5) is 18.9 Å². The molecule has 0 unspecified atom stereocenters. The van der Waals surface area contributed by atoms with Gasteiger partial charge in [-0.3, -0.25) is 9.78 Å². The van der Waals surface area contributed by atoms with Gasteiger partial charge in [0.1, 0.15) is 0 Å². The van der Waals surface area contributed by atoms with Gasteiger partial charge in [-0.25, -0.2) is 9.50 Å². The Morgan fingerprint density at radius 3 is 2.68 bits per heavy atom. The van der Waals surface area contributed by atoms with Crippen molar-refractivity contribution in [3.05, 3.63) is 64.5 Å². The summed E-state index contributed by atoms with van der Waals surface area (Å²) >= 11 is 6.98. The maximum absolute atomic E-state index is 13.6. The zero-order chi connectivity index (χ0) is 19.9. The van der Waals surface area contributed by atoms with Crippen LogP contribution in [0.15, 0.2) is 48.8 Å². The molecule has 0 radical (unpaired) electrons. The number of aromatic nitrogens is 4. The number of carbonyl (C=O) groups excluding carboxylic acids is 1. The summed E-state index contributed by atoms with van der Waals surface area (Å²) in [5, 5.41) is 6.32. The van der Waals surface area contributed by atoms with Crippen LogP contribution in [0.2, 0.25) is 4.34 Å². The predicted octanol–water partition coefficient (Wildman–Crippen LogP) is 4.78. The summed E-state index contributed by atoms with van der Waals surface area (Å²) in [7, 11) is 0. The van der Waals surface area contributed by atoms with Crippen molar-refractivity contribution in [2.75, 3.05) is 5.32 Å². The van der Waals surface area contributed by atoms with Crippen molar-refractivity contribution in [1.29, 1.82) is 0 Å². The molecule has 4 aromatic rings. The van der Waals surface area contributed by atoms with Crippen LogP contribution in [0.3, 0.4) is 0 Å². The fourth-order valence-electron chi connectivity index (χ4n) is 2.50. The van der Waals surface area contributed by atoms with Crippen LogP contribution in [0.5, 0.6) is 0 Å². The van der Waals surface area contributed by atoms with Crippen molar-refractivity contribution < 1.29 is 18.0 Å². The van der Waals surface area contributed by atoms with Crippen molar-refractivity contribution in [3.8, 4) is 10.6 Å². The highest BCUT2D eigenvalue weighted by molar-refractivity contribution is 7.19. The fourth-order valence-corrected chi connectivity index (χ4v) is 3.50. The molecule has 0 atom stereocenters. The summed E-state index contributed by atoms with van der Waals surface area (Å²) in [6, 6.07) is 8.44. The molecule has 0 spiro atoms. The van der Waals surface area contributed by atoms with Crippen molar-refractivity contribution >= 4 is 40.2 Å². The Morgan fingerprint density at radius 2 is 2.04 bits per heavy atom. The Balaban J connectivity index is 1.80. The summed E-state index contributed by atoms with van der Waals surface area (Å²) < 4.78 is 41.7. The van der Waals surface area contributed by atoms with Crippen molar-refractivity contribution in [2.24, 2.45) is 0 Å². The van der Waals surface area contributed by atoms with Gasteiger partial charge in [-0.05, 0) is 30.3 Å². The average Bonchev–Trinajstić information content (AvgIpc) is 3.27. The van der Waals surface area contributed by atoms with E-state index in [1.165, 1.54) is 18.5 Å². The van der Waals surface area contributed by atoms with E-state index in [9.17, 15) is 18.0 Å². The monoisotopic (exact) mass is 423 g/mol. The van der Waals surface area contributed by atoms with Crippen LogP contribution < -0.4 is 5.32 Å². The molecule has 0 aliphatic heterocycles. The number of nitrogens with zero attached hydrogens (tertiary/aromatic N) is 4. The van der Waals surface area contributed by atoms with Crippen LogP contribution in [-0.2, 0) is 6.18 Å². The number of nitrogens with one attached hydrogen (secondary N) is 1. The molecule has 1 amide bonds. The maximum atomic E-state index is 13.6. The molecule has 0 bridgehead atoms. The first-order valence-corrected chi connectivity index (χ1v) is 8.96. The minimum atomic E-state index is -4.69. The highest BCUT2D eigenvalue weighted by atomic mass is 35.5. The molecule has 0 aliphatic rings. The number of amides is 1. The molecular formula is C17H9ClF3N5OS. The lowest BCUT2D eigenvalue weighted by Crippen LogP contribution is -2.15. The standard InChI is InChI=1S/C17H9ClF3N5OS/c18-14-4-3-12(28-14)10-6-13(17(19,20)21)26-15(24-10)7-11(25-26)16(27)23-9-2-1-5-22-8-9/h1-8H,(H,23,27). The molecule has 1 N–H and O–H groups in total. The molecule has 0 aliphatic carbocycles. The number of alkyl halides is 3. The highest BCUT2D eigenvalue weighted by Crippen LogP contribution is 2.35. The first-order valence-electron chi connectivity index (χ1n) is 7.76. The van der Waals surface area contributed by atoms with Gasteiger partial charge in [-0.15, -0.1) is 11.3 Å². The van der Waals surface area contributed by atoms with Crippen LogP contribution in [0, 0.1) is 0 Å². The van der Waals surface area contributed by atoms with Crippen molar-refractivity contribution in [1.82, 2.24) is 19.6 Å². The lowest BCUT2D eigenvalue weighted by atomic mass is 10.2. The predicted molar refractivity (Wildman–Crippen MR) is 98.5 cm³/mol. The van der Waals surface area contributed by atoms with Gasteiger partial charge in [0.15, 0.2) is 17.0 Å². The first-order chi connectivity index (χ1) is 13.3. The second kappa shape index (κ2) is 6.88. The number of anilines is 1. The van der Waals surface area contributed by atoms with E-state index in [1.54, 1.807) is 24.3 Å². The minimum absolute atomic E-state index is 0.0934. The van der Waals surface area contributed by atoms with Gasteiger partial charge in [0.25, 0.3) is 5.91 Å². The number of fused-ring (bicyclic) bond motifs is 1. The number of halogens is 4. The van der Waals surface area contributed by atoms with Gasteiger partial charge >= 0.3 is 6.18 Å². The third-order valence-electron chi connectivity index (χ3n) is 3.70. The summed E-state index contributed by atoms with van der Waals surface area (Å²) in [5.74, 6) is -0.674. The Morgan fingerprint density at radius 1 is 1.21 bits per heavy atom. The van der Waals surface area contributed by atoms with Gasteiger partial charge in [-0.2, -0.15) is 18.3 Å². The third kappa shape index (κ3) is 3.56. The molecule has 142 valence electrons. The lowest BCUT2D eigenvalue weighted by Gasteiger charge is -2.10. The molecule has 0 saturated heterocycles. The summed E-state index contributed by atoms with van der Waals surface area (Å²) in [4.78, 5) is 20.9. The Bertz CT molecular complexity index is 1170. The topological polar surface area (TPSA) is 72.2 Å². The quantitative estimate of drug-likeness (QED) is 0.515. The van der Waals surface area contributed by atoms with E-state index in [0.29, 0.717) is 19.4 Å². The lowest BCUT2D eigenvalue weighted by molar-refractivity contribution is -0.142. The van der Waals surface area contributed by atoms with Gasteiger partial charge in [0, 0.05) is 12.3 Å². The Hall–Kier alpha value is -2.98. The van der Waals surface area contributed by atoms with E-state index < -0.39 is 17.8 Å². The van der Waals surface area contributed by atoms with Crippen LogP contribution >= 0.6 is 22.9 Å². The minimum Gasteiger partial charge on any atom is -0.319 e. The normalized spacial score (nSPS) is 11.7. The molecule has 28 heavy (non-hydrogen) atoms. The van der Waals surface area contributed by atoms with E-state index in [-0.39, 0.29) is 17.0 Å². The third-order valence-corrected chi connectivity index (χ3v) is 4.95. The number of pyridine rings is 1. The van der Waals surface area contributed by atoms with Crippen molar-refractivity contribution in [3.63, 3.8) is 0 Å². The molecule has 6 nitrogen and oxygen atoms in total. The molecule has 4 rings (SSSR count). The molecule has 11 heteroatoms. The van der Waals surface area contributed by atoms with Gasteiger partial charge in [-0.1, -0.05) is 11.6 Å². The highest BCUT2D eigenvalue weighted by Gasteiger charge is 2.35. The number of thiophene rings is 1. The van der Waals surface area contributed by atoms with E-state index >= 15 is 0 Å². The van der Waals surface area contributed by atoms with Crippen LogP contribution in [0.1, 0.15) is 16.2 Å². The maximum Gasteiger partial charge on any atom is 0.433 e. The summed E-state index contributed by atoms with van der Waals surface area (Å²) in [6.45, 7) is 0. The van der Waals surface area contributed by atoms with Gasteiger partial charge in [0.2, 0.25) is 0 Å². The molecule has 0 saturated carbocycles. The Labute approximate surface area is 164 Å². The van der Waals surface area contributed by atoms with Crippen LogP contribution in [-0.4, -0.2) is 25.5 Å². The number of carbonyl (C=O) groups is 1. The molecule has 4 aromatic heterocycles. The van der Waals surface area contributed by atoms with Crippen molar-refractivity contribution in [2.45, 2.75) is 6.18 Å². The average molecular weight is 424 g/mol. The van der Waals surface area contributed by atoms with E-state index in [2.05, 4.69) is 20.4 Å². The van der Waals surface area contributed by atoms with Gasteiger partial charge < -0.3 is 5.32 Å². The molecule has 0 aromatic carbocycles. The second-order valence-electron chi connectivity index (χ2n) is 5.62. The first kappa shape index (κ1) is 18.4. The largest absolute Gasteiger partial charge is 0.433 e. The summed E-state index contributed by atoms with van der Waals surface area (Å²) in [6.07, 6.45) is -1.76. The summed E-state index contributed by atoms with van der Waals surface area (Å²) in [5.41, 5.74) is -0.871. The van der Waals surface area contributed by atoms with E-state index in [1.807, 2.05) is 0 Å². The second-order valence-corrected chi connectivity index (χ2v) is 7.34. The van der Waals surface area contributed by atoms with Crippen LogP contribution in [0.25, 0.3) is 16.2 Å². The molecule has 0 fully saturated rings. The fraction of sp³-hybridized carbons (Fsp3) is 0.0588. The SMILES string of the molecule is O=C(Nc1cccnc1)c1cc2nc(-c3ccc(Cl)s3)cc(C(F)(F)F)n2n1. The number of rotatable bonds is 3. The number of hydrogen-bond acceptors (Lipinski definition) is 5.